The molecule has 2 heterocycles. The Morgan fingerprint density at radius 2 is 1.95 bits per heavy atom. The van der Waals surface area contributed by atoms with Crippen LogP contribution >= 0.6 is 0 Å². The van der Waals surface area contributed by atoms with Crippen LogP contribution in [0.15, 0.2) is 30.3 Å². The Hall–Kier alpha value is -1.35. The lowest BCUT2D eigenvalue weighted by Crippen LogP contribution is -2.77. The molecule has 0 spiro atoms. The number of benzene rings is 1. The predicted octanol–water partition coefficient (Wildman–Crippen LogP) is 2.75. The van der Waals surface area contributed by atoms with Crippen molar-refractivity contribution in [2.75, 3.05) is 7.11 Å². The summed E-state index contributed by atoms with van der Waals surface area (Å²) in [5.74, 6) is 2.15. The molecule has 5 saturated carbocycles. The minimum absolute atomic E-state index is 0.0155. The van der Waals surface area contributed by atoms with E-state index in [1.54, 1.807) is 0 Å². The van der Waals surface area contributed by atoms with Crippen LogP contribution in [0.1, 0.15) is 24.8 Å². The van der Waals surface area contributed by atoms with Gasteiger partial charge in [0.1, 0.15) is 0 Å². The average Bonchev–Trinajstić information content (AvgIpc) is 2.53. The average molecular weight is 284 g/mol. The lowest BCUT2D eigenvalue weighted by molar-refractivity contribution is -0.396. The van der Waals surface area contributed by atoms with Gasteiger partial charge in [0, 0.05) is 5.92 Å². The number of esters is 1. The third-order valence-electron chi connectivity index (χ3n) is 6.70. The van der Waals surface area contributed by atoms with Gasteiger partial charge in [0.25, 0.3) is 0 Å². The molecule has 7 fully saturated rings. The van der Waals surface area contributed by atoms with Gasteiger partial charge in [-0.05, 0) is 42.6 Å². The molecule has 5 aliphatic carbocycles. The van der Waals surface area contributed by atoms with Crippen molar-refractivity contribution in [3.63, 3.8) is 0 Å². The van der Waals surface area contributed by atoms with Crippen LogP contribution in [0.3, 0.4) is 0 Å². The number of rotatable bonds is 2. The highest BCUT2D eigenvalue weighted by atomic mass is 16.5. The second-order valence-corrected chi connectivity index (χ2v) is 7.19. The quantitative estimate of drug-likeness (QED) is 0.783. The molecule has 6 bridgehead atoms. The number of hydrogen-bond donors (Lipinski definition) is 0. The predicted molar refractivity (Wildman–Crippen MR) is 76.3 cm³/mol. The summed E-state index contributed by atoms with van der Waals surface area (Å²) in [5, 5.41) is 0. The van der Waals surface area contributed by atoms with Gasteiger partial charge >= 0.3 is 5.97 Å². The minimum Gasteiger partial charge on any atom is -0.469 e. The van der Waals surface area contributed by atoms with Crippen molar-refractivity contribution in [2.24, 2.45) is 29.6 Å². The largest absolute Gasteiger partial charge is 0.469 e. The zero-order chi connectivity index (χ0) is 14.2. The molecule has 7 aliphatic rings. The fourth-order valence-corrected chi connectivity index (χ4v) is 6.10. The molecule has 1 aromatic rings. The zero-order valence-electron chi connectivity index (χ0n) is 12.2. The van der Waals surface area contributed by atoms with Crippen LogP contribution in [0.2, 0.25) is 0 Å². The molecule has 110 valence electrons. The highest BCUT2D eigenvalue weighted by molar-refractivity contribution is 5.74. The van der Waals surface area contributed by atoms with Gasteiger partial charge in [-0.25, -0.2) is 0 Å². The van der Waals surface area contributed by atoms with Gasteiger partial charge in [-0.3, -0.25) is 4.79 Å². The highest BCUT2D eigenvalue weighted by Gasteiger charge is 2.75. The van der Waals surface area contributed by atoms with Crippen LogP contribution < -0.4 is 0 Å². The number of carbonyl (C=O) groups is 1. The van der Waals surface area contributed by atoms with E-state index in [0.717, 1.165) is 6.42 Å². The van der Waals surface area contributed by atoms with E-state index in [9.17, 15) is 4.79 Å². The van der Waals surface area contributed by atoms with Gasteiger partial charge < -0.3 is 9.47 Å². The smallest absolute Gasteiger partial charge is 0.309 e. The first-order valence-corrected chi connectivity index (χ1v) is 8.07. The van der Waals surface area contributed by atoms with Gasteiger partial charge in [0.2, 0.25) is 0 Å². The number of fused-ring (bicyclic) bond motifs is 1. The van der Waals surface area contributed by atoms with E-state index in [2.05, 4.69) is 30.3 Å². The molecule has 0 amide bonds. The van der Waals surface area contributed by atoms with Gasteiger partial charge in [0.15, 0.2) is 0 Å². The van der Waals surface area contributed by atoms with Crippen LogP contribution in [0.4, 0.5) is 0 Å². The lowest BCUT2D eigenvalue weighted by Gasteiger charge is -2.74. The second kappa shape index (κ2) is 3.89. The van der Waals surface area contributed by atoms with Crippen molar-refractivity contribution in [3.05, 3.63) is 35.9 Å². The Kier molecular flexibility index (Phi) is 2.26. The number of ether oxygens (including phenoxy) is 2. The van der Waals surface area contributed by atoms with E-state index in [1.807, 2.05) is 0 Å². The summed E-state index contributed by atoms with van der Waals surface area (Å²) in [6, 6.07) is 10.6. The Labute approximate surface area is 124 Å². The minimum atomic E-state index is -0.108. The standard InChI is InChI=1S/C18H20O3/c1-20-17(19)14-12-8-7-11-13(14)9-18(15(12)16(11)21-18)10-5-3-2-4-6-10/h2-6,11-16H,7-9H2,1H3. The monoisotopic (exact) mass is 284 g/mol. The summed E-state index contributed by atoms with van der Waals surface area (Å²) in [7, 11) is 1.53. The van der Waals surface area contributed by atoms with Crippen molar-refractivity contribution >= 4 is 5.97 Å². The van der Waals surface area contributed by atoms with Gasteiger partial charge in [-0.15, -0.1) is 0 Å². The topological polar surface area (TPSA) is 35.5 Å². The molecule has 3 heteroatoms. The zero-order valence-corrected chi connectivity index (χ0v) is 12.2. The SMILES string of the molecule is COC(=O)C1C2CC3(c4ccccc4)OC4C2CCC1C43. The van der Waals surface area contributed by atoms with Gasteiger partial charge in [-0.2, -0.15) is 0 Å². The maximum atomic E-state index is 12.2. The van der Waals surface area contributed by atoms with Crippen LogP contribution in [0.5, 0.6) is 0 Å². The van der Waals surface area contributed by atoms with Crippen LogP contribution in [-0.2, 0) is 19.9 Å². The van der Waals surface area contributed by atoms with Gasteiger partial charge in [-0.1, -0.05) is 30.3 Å². The molecule has 21 heavy (non-hydrogen) atoms. The Morgan fingerprint density at radius 1 is 1.19 bits per heavy atom. The van der Waals surface area contributed by atoms with Crippen molar-refractivity contribution < 1.29 is 14.3 Å². The van der Waals surface area contributed by atoms with E-state index in [0.29, 0.717) is 29.8 Å². The summed E-state index contributed by atoms with van der Waals surface area (Å²) < 4.78 is 11.5. The van der Waals surface area contributed by atoms with Crippen molar-refractivity contribution in [3.8, 4) is 0 Å². The maximum Gasteiger partial charge on any atom is 0.309 e. The Balaban J connectivity index is 1.58. The van der Waals surface area contributed by atoms with Crippen molar-refractivity contribution in [1.29, 1.82) is 0 Å². The van der Waals surface area contributed by atoms with E-state index in [-0.39, 0.29) is 17.5 Å². The molecule has 8 rings (SSSR count). The number of hydrogen-bond acceptors (Lipinski definition) is 3. The fraction of sp³-hybridized carbons (Fsp3) is 0.611. The summed E-state index contributed by atoms with van der Waals surface area (Å²) in [6.45, 7) is 0. The third-order valence-corrected chi connectivity index (χ3v) is 6.70. The first-order valence-electron chi connectivity index (χ1n) is 8.07. The number of methoxy groups -OCH3 is 1. The van der Waals surface area contributed by atoms with Gasteiger partial charge in [0.05, 0.1) is 24.7 Å². The molecule has 7 atom stereocenters. The molecule has 3 nitrogen and oxygen atoms in total. The third kappa shape index (κ3) is 1.28. The summed E-state index contributed by atoms with van der Waals surface area (Å²) in [5.41, 5.74) is 1.20. The molecular weight excluding hydrogens is 264 g/mol. The molecule has 2 saturated heterocycles. The first-order chi connectivity index (χ1) is 10.3. The van der Waals surface area contributed by atoms with E-state index >= 15 is 0 Å². The van der Waals surface area contributed by atoms with Crippen LogP contribution in [0.25, 0.3) is 0 Å². The lowest BCUT2D eigenvalue weighted by atomic mass is 9.39. The summed E-state index contributed by atoms with van der Waals surface area (Å²) >= 11 is 0. The second-order valence-electron chi connectivity index (χ2n) is 7.19. The molecule has 2 aliphatic heterocycles. The summed E-state index contributed by atoms with van der Waals surface area (Å²) in [6.07, 6.45) is 3.79. The normalized spacial score (nSPS) is 48.8. The van der Waals surface area contributed by atoms with Crippen molar-refractivity contribution in [2.45, 2.75) is 31.0 Å². The van der Waals surface area contributed by atoms with E-state index in [4.69, 9.17) is 9.47 Å². The van der Waals surface area contributed by atoms with Crippen LogP contribution in [-0.4, -0.2) is 19.2 Å². The number of carbonyl (C=O) groups excluding carboxylic acids is 1. The Morgan fingerprint density at radius 3 is 2.67 bits per heavy atom. The van der Waals surface area contributed by atoms with E-state index < -0.39 is 0 Å². The molecule has 0 N–H and O–H groups in total. The molecule has 1 aromatic carbocycles. The highest BCUT2D eigenvalue weighted by Crippen LogP contribution is 2.73. The molecule has 0 radical (unpaired) electrons. The molecular formula is C18H20O3. The van der Waals surface area contributed by atoms with Crippen molar-refractivity contribution in [1.82, 2.24) is 0 Å². The van der Waals surface area contributed by atoms with Crippen LogP contribution in [0, 0.1) is 29.6 Å². The fourth-order valence-electron chi connectivity index (χ4n) is 6.10. The first kappa shape index (κ1) is 12.2. The molecule has 7 unspecified atom stereocenters. The molecule has 0 aromatic heterocycles. The summed E-state index contributed by atoms with van der Waals surface area (Å²) in [4.78, 5) is 12.2. The Bertz CT molecular complexity index is 596. The maximum absolute atomic E-state index is 12.2. The van der Waals surface area contributed by atoms with E-state index in [1.165, 1.54) is 25.5 Å².